The second-order valence-corrected chi connectivity index (χ2v) is 9.44. The zero-order valence-corrected chi connectivity index (χ0v) is 21.2. The molecule has 0 saturated heterocycles. The molecular formula is C30H31N5O3. The van der Waals surface area contributed by atoms with Crippen LogP contribution in [-0.2, 0) is 19.6 Å². The van der Waals surface area contributed by atoms with Crippen LogP contribution in [0.15, 0.2) is 88.5 Å². The molecule has 3 aromatic rings. The molecule has 0 saturated carbocycles. The van der Waals surface area contributed by atoms with Crippen LogP contribution in [0, 0.1) is 0 Å². The number of hydrogen-bond acceptors (Lipinski definition) is 6. The van der Waals surface area contributed by atoms with E-state index in [2.05, 4.69) is 50.2 Å². The van der Waals surface area contributed by atoms with Gasteiger partial charge in [0, 0.05) is 31.9 Å². The third kappa shape index (κ3) is 5.81. The summed E-state index contributed by atoms with van der Waals surface area (Å²) in [5.74, 6) is 0.295. The molecule has 5 rings (SSSR count). The van der Waals surface area contributed by atoms with Gasteiger partial charge < -0.3 is 14.6 Å². The minimum absolute atomic E-state index is 0.158. The molecule has 0 unspecified atom stereocenters. The van der Waals surface area contributed by atoms with E-state index in [1.807, 2.05) is 53.1 Å². The van der Waals surface area contributed by atoms with Crippen molar-refractivity contribution in [2.24, 2.45) is 0 Å². The number of aryl methyl sites for hydroxylation is 1. The van der Waals surface area contributed by atoms with E-state index in [9.17, 15) is 9.59 Å². The summed E-state index contributed by atoms with van der Waals surface area (Å²) >= 11 is 0. The number of aliphatic hydroxyl groups is 1. The van der Waals surface area contributed by atoms with Crippen LogP contribution in [0.5, 0.6) is 0 Å². The fraction of sp³-hybridized carbons (Fsp3) is 0.267. The molecule has 2 heterocycles. The van der Waals surface area contributed by atoms with Gasteiger partial charge in [-0.1, -0.05) is 73.5 Å². The van der Waals surface area contributed by atoms with Gasteiger partial charge in [-0.2, -0.15) is 4.98 Å². The zero-order valence-electron chi connectivity index (χ0n) is 21.2. The highest BCUT2D eigenvalue weighted by atomic mass is 16.3. The summed E-state index contributed by atoms with van der Waals surface area (Å²) < 4.78 is 1.94. The molecule has 2 aliphatic rings. The van der Waals surface area contributed by atoms with Crippen molar-refractivity contribution >= 4 is 16.7 Å². The van der Waals surface area contributed by atoms with E-state index >= 15 is 0 Å². The normalized spacial score (nSPS) is 11.3. The first-order valence-electron chi connectivity index (χ1n) is 13.0. The Morgan fingerprint density at radius 2 is 1.45 bits per heavy atom. The van der Waals surface area contributed by atoms with Crippen molar-refractivity contribution < 1.29 is 5.11 Å². The molecule has 8 nitrogen and oxygen atoms in total. The first-order chi connectivity index (χ1) is 18.6. The van der Waals surface area contributed by atoms with Crippen molar-refractivity contribution in [1.29, 1.82) is 0 Å². The van der Waals surface area contributed by atoms with Crippen molar-refractivity contribution in [3.8, 4) is 11.5 Å². The van der Waals surface area contributed by atoms with Crippen LogP contribution in [0.3, 0.4) is 0 Å². The van der Waals surface area contributed by atoms with Gasteiger partial charge in [0.15, 0.2) is 11.5 Å². The Morgan fingerprint density at radius 3 is 2.11 bits per heavy atom. The first kappa shape index (κ1) is 25.4. The van der Waals surface area contributed by atoms with Gasteiger partial charge in [0.1, 0.15) is 0 Å². The van der Waals surface area contributed by atoms with Crippen LogP contribution in [0.4, 0.5) is 5.69 Å². The number of H-pyrrole nitrogens is 1. The summed E-state index contributed by atoms with van der Waals surface area (Å²) in [4.78, 5) is 38.0. The molecule has 0 bridgehead atoms. The lowest BCUT2D eigenvalue weighted by Crippen LogP contribution is -2.29. The highest BCUT2D eigenvalue weighted by Gasteiger charge is 2.20. The zero-order chi connectivity index (χ0) is 26.3. The molecular weight excluding hydrogens is 478 g/mol. The lowest BCUT2D eigenvalue weighted by Gasteiger charge is -2.26. The molecule has 3 aromatic carbocycles. The molecule has 0 fully saturated rings. The molecule has 0 radical (unpaired) electrons. The standard InChI is InChI=1S/C30H31N5O3/c36-18-10-2-1-9-17-35-26-19-24(15-16-25(26)31-27-28(35)32-30(38)33-29(27)37)34(20-22-11-5-3-6-12-22)21-23-13-7-4-8-14-23/h3-8,11-16,19,36H,1-2,9-10,17-18,20-21H2,(H,33,37,38). The average Bonchev–Trinajstić information content (AvgIpc) is 2.93. The SMILES string of the molecule is O=c1nc2n(CCCCCCO)c3cc(N(Cc4ccccc4)Cc4ccccc4)ccc3nc-2c(=O)[nH]1. The number of fused-ring (bicyclic) bond motifs is 2. The van der Waals surface area contributed by atoms with E-state index in [4.69, 9.17) is 5.11 Å². The number of aromatic amines is 1. The number of anilines is 1. The fourth-order valence-corrected chi connectivity index (χ4v) is 4.79. The smallest absolute Gasteiger partial charge is 0.349 e. The predicted molar refractivity (Wildman–Crippen MR) is 149 cm³/mol. The second-order valence-electron chi connectivity index (χ2n) is 9.44. The molecule has 2 aliphatic heterocycles. The van der Waals surface area contributed by atoms with E-state index in [-0.39, 0.29) is 12.3 Å². The van der Waals surface area contributed by atoms with Crippen molar-refractivity contribution in [3.05, 3.63) is 111 Å². The Balaban J connectivity index is 1.60. The van der Waals surface area contributed by atoms with E-state index < -0.39 is 11.2 Å². The maximum absolute atomic E-state index is 12.6. The number of benzene rings is 3. The summed E-state index contributed by atoms with van der Waals surface area (Å²) in [6, 6.07) is 26.7. The summed E-state index contributed by atoms with van der Waals surface area (Å²) in [6.45, 7) is 2.18. The van der Waals surface area contributed by atoms with Crippen LogP contribution >= 0.6 is 0 Å². The van der Waals surface area contributed by atoms with Crippen LogP contribution in [0.1, 0.15) is 36.8 Å². The largest absolute Gasteiger partial charge is 0.396 e. The van der Waals surface area contributed by atoms with Gasteiger partial charge in [0.05, 0.1) is 11.0 Å². The van der Waals surface area contributed by atoms with Crippen molar-refractivity contribution in [1.82, 2.24) is 19.5 Å². The number of nitrogens with zero attached hydrogens (tertiary/aromatic N) is 4. The van der Waals surface area contributed by atoms with E-state index in [1.165, 1.54) is 11.1 Å². The molecule has 0 aliphatic carbocycles. The molecule has 194 valence electrons. The summed E-state index contributed by atoms with van der Waals surface area (Å²) in [5.41, 5.74) is 3.83. The molecule has 0 amide bonds. The number of aliphatic hydroxyl groups excluding tert-OH is 1. The van der Waals surface area contributed by atoms with E-state index in [0.717, 1.165) is 36.9 Å². The van der Waals surface area contributed by atoms with Gasteiger partial charge >= 0.3 is 5.69 Å². The van der Waals surface area contributed by atoms with Gasteiger partial charge in [0.25, 0.3) is 5.56 Å². The Hall–Kier alpha value is -4.30. The number of aromatic nitrogens is 4. The summed E-state index contributed by atoms with van der Waals surface area (Å²) in [7, 11) is 0. The molecule has 38 heavy (non-hydrogen) atoms. The van der Waals surface area contributed by atoms with Crippen molar-refractivity contribution in [2.75, 3.05) is 11.5 Å². The number of unbranched alkanes of at least 4 members (excludes halogenated alkanes) is 3. The maximum atomic E-state index is 12.6. The van der Waals surface area contributed by atoms with E-state index in [1.54, 1.807) is 0 Å². The summed E-state index contributed by atoms with van der Waals surface area (Å²) in [5, 5.41) is 9.12. The highest BCUT2D eigenvalue weighted by molar-refractivity contribution is 5.83. The quantitative estimate of drug-likeness (QED) is 0.203. The first-order valence-corrected chi connectivity index (χ1v) is 13.0. The maximum Gasteiger partial charge on any atom is 0.349 e. The third-order valence-electron chi connectivity index (χ3n) is 6.68. The van der Waals surface area contributed by atoms with Gasteiger partial charge in [-0.05, 0) is 42.2 Å². The highest BCUT2D eigenvalue weighted by Crippen LogP contribution is 2.28. The second kappa shape index (κ2) is 11.8. The van der Waals surface area contributed by atoms with Crippen LogP contribution in [0.2, 0.25) is 0 Å². The van der Waals surface area contributed by atoms with Crippen LogP contribution in [0.25, 0.3) is 22.6 Å². The van der Waals surface area contributed by atoms with Crippen LogP contribution in [-0.4, -0.2) is 31.2 Å². The minimum atomic E-state index is -0.677. The molecule has 0 atom stereocenters. The number of nitrogens with one attached hydrogen (secondary N) is 1. The Morgan fingerprint density at radius 1 is 0.789 bits per heavy atom. The van der Waals surface area contributed by atoms with Gasteiger partial charge in [-0.25, -0.2) is 9.78 Å². The molecule has 8 heteroatoms. The molecule has 0 aromatic heterocycles. The van der Waals surface area contributed by atoms with Gasteiger partial charge in [-0.15, -0.1) is 0 Å². The van der Waals surface area contributed by atoms with Crippen molar-refractivity contribution in [2.45, 2.75) is 45.3 Å². The Kier molecular flexibility index (Phi) is 7.89. The summed E-state index contributed by atoms with van der Waals surface area (Å²) in [6.07, 6.45) is 3.40. The Labute approximate surface area is 220 Å². The topological polar surface area (TPSA) is 104 Å². The van der Waals surface area contributed by atoms with Gasteiger partial charge in [-0.3, -0.25) is 9.78 Å². The van der Waals surface area contributed by atoms with Crippen LogP contribution < -0.4 is 16.1 Å². The fourth-order valence-electron chi connectivity index (χ4n) is 4.79. The molecule has 0 spiro atoms. The monoisotopic (exact) mass is 509 g/mol. The average molecular weight is 510 g/mol. The molecule has 2 N–H and O–H groups in total. The number of rotatable bonds is 11. The Bertz CT molecular complexity index is 1540. The minimum Gasteiger partial charge on any atom is -0.396 e. The predicted octanol–water partition coefficient (Wildman–Crippen LogP) is 4.34. The van der Waals surface area contributed by atoms with Crippen molar-refractivity contribution in [3.63, 3.8) is 0 Å². The number of hydrogen-bond donors (Lipinski definition) is 2. The lowest BCUT2D eigenvalue weighted by atomic mass is 10.1. The lowest BCUT2D eigenvalue weighted by molar-refractivity contribution is 0.282. The van der Waals surface area contributed by atoms with Gasteiger partial charge in [0.2, 0.25) is 0 Å². The van der Waals surface area contributed by atoms with E-state index in [0.29, 0.717) is 31.0 Å². The third-order valence-corrected chi connectivity index (χ3v) is 6.68.